The minimum Gasteiger partial charge on any atom is -0.491 e. The predicted octanol–water partition coefficient (Wildman–Crippen LogP) is 9.43. The molecule has 0 aromatic carbocycles. The molecule has 1 aliphatic rings. The Morgan fingerprint density at radius 1 is 1.05 bits per heavy atom. The molecule has 3 aromatic rings. The number of nitrogens with zero attached hydrogens (tertiary/aromatic N) is 2. The second-order valence-electron chi connectivity index (χ2n) is 10.5. The summed E-state index contributed by atoms with van der Waals surface area (Å²) in [5.74, 6) is 2.10. The summed E-state index contributed by atoms with van der Waals surface area (Å²) >= 11 is 1.74. The van der Waals surface area contributed by atoms with E-state index in [2.05, 4.69) is 52.6 Å². The fourth-order valence-electron chi connectivity index (χ4n) is 3.79. The zero-order chi connectivity index (χ0) is 27.2. The van der Waals surface area contributed by atoms with Crippen LogP contribution < -0.4 is 10.3 Å². The van der Waals surface area contributed by atoms with E-state index in [4.69, 9.17) is 4.74 Å². The number of thiophene rings is 1. The highest BCUT2D eigenvalue weighted by Crippen LogP contribution is 2.39. The highest BCUT2D eigenvalue weighted by molar-refractivity contribution is 7.19. The van der Waals surface area contributed by atoms with Gasteiger partial charge in [0.1, 0.15) is 5.75 Å². The average Bonchev–Trinajstić information content (AvgIpc) is 3.66. The van der Waals surface area contributed by atoms with Crippen molar-refractivity contribution < 1.29 is 4.74 Å². The number of unbranched alkanes of at least 4 members (excludes halogenated alkanes) is 4. The van der Waals surface area contributed by atoms with Crippen LogP contribution in [0.15, 0.2) is 35.5 Å². The molecule has 3 heterocycles. The maximum atomic E-state index is 12.7. The van der Waals surface area contributed by atoms with Crippen molar-refractivity contribution in [2.45, 2.75) is 106 Å². The third-order valence-electron chi connectivity index (χ3n) is 6.85. The molecule has 1 saturated carbocycles. The topological polar surface area (TPSA) is 44.1 Å². The Morgan fingerprint density at radius 3 is 2.30 bits per heavy atom. The van der Waals surface area contributed by atoms with Gasteiger partial charge in [0, 0.05) is 40.1 Å². The Kier molecular flexibility index (Phi) is 14.0. The van der Waals surface area contributed by atoms with E-state index in [-0.39, 0.29) is 5.56 Å². The van der Waals surface area contributed by atoms with Crippen LogP contribution in [0.5, 0.6) is 5.75 Å². The summed E-state index contributed by atoms with van der Waals surface area (Å²) in [4.78, 5) is 18.2. The molecule has 37 heavy (non-hydrogen) atoms. The van der Waals surface area contributed by atoms with Crippen LogP contribution in [0, 0.1) is 11.8 Å². The Bertz CT molecular complexity index is 1110. The van der Waals surface area contributed by atoms with Gasteiger partial charge in [-0.25, -0.2) is 0 Å². The molecule has 1 fully saturated rings. The van der Waals surface area contributed by atoms with Gasteiger partial charge in [0.25, 0.3) is 5.56 Å². The van der Waals surface area contributed by atoms with Gasteiger partial charge in [-0.15, -0.1) is 11.3 Å². The lowest BCUT2D eigenvalue weighted by molar-refractivity contribution is 0.300. The summed E-state index contributed by atoms with van der Waals surface area (Å²) in [5.41, 5.74) is 2.14. The molecule has 0 N–H and O–H groups in total. The highest BCUT2D eigenvalue weighted by Gasteiger charge is 2.23. The van der Waals surface area contributed by atoms with Crippen LogP contribution in [0.2, 0.25) is 0 Å². The molecule has 1 aliphatic carbocycles. The van der Waals surface area contributed by atoms with Crippen LogP contribution in [-0.4, -0.2) is 16.2 Å². The van der Waals surface area contributed by atoms with Crippen molar-refractivity contribution in [3.63, 3.8) is 0 Å². The van der Waals surface area contributed by atoms with E-state index >= 15 is 0 Å². The van der Waals surface area contributed by atoms with Gasteiger partial charge in [-0.1, -0.05) is 86.5 Å². The second-order valence-corrected chi connectivity index (χ2v) is 11.6. The third-order valence-corrected chi connectivity index (χ3v) is 8.04. The molecule has 1 atom stereocenters. The maximum Gasteiger partial charge on any atom is 0.259 e. The lowest BCUT2D eigenvalue weighted by atomic mass is 10.0. The molecule has 0 spiro atoms. The Morgan fingerprint density at radius 2 is 1.73 bits per heavy atom. The molecular weight excluding hydrogens is 476 g/mol. The molecule has 4 nitrogen and oxygen atoms in total. The van der Waals surface area contributed by atoms with Crippen molar-refractivity contribution in [2.75, 3.05) is 6.61 Å². The molecule has 5 heteroatoms. The number of aromatic nitrogens is 2. The van der Waals surface area contributed by atoms with Crippen molar-refractivity contribution >= 4 is 21.4 Å². The molecular formula is C32H50N2O2S. The van der Waals surface area contributed by atoms with Gasteiger partial charge in [0.05, 0.1) is 18.2 Å². The summed E-state index contributed by atoms with van der Waals surface area (Å²) < 4.78 is 8.82. The van der Waals surface area contributed by atoms with E-state index < -0.39 is 0 Å². The second kappa shape index (κ2) is 16.7. The number of pyridine rings is 2. The van der Waals surface area contributed by atoms with E-state index in [1.54, 1.807) is 28.3 Å². The van der Waals surface area contributed by atoms with Crippen molar-refractivity contribution in [3.05, 3.63) is 46.0 Å². The van der Waals surface area contributed by atoms with Crippen LogP contribution in [0.25, 0.3) is 21.2 Å². The first-order chi connectivity index (χ1) is 17.9. The first kappa shape index (κ1) is 31.1. The van der Waals surface area contributed by atoms with Crippen molar-refractivity contribution in [3.8, 4) is 16.9 Å². The number of hydrogen-bond donors (Lipinski definition) is 0. The van der Waals surface area contributed by atoms with E-state index in [9.17, 15) is 4.79 Å². The predicted molar refractivity (Wildman–Crippen MR) is 162 cm³/mol. The van der Waals surface area contributed by atoms with Crippen molar-refractivity contribution in [1.29, 1.82) is 0 Å². The SMILES string of the molecule is CCCC.CCCCCC.CC[C@@H](C)Cc1cc2c(=O)n(C)cc(-c3ccncc3OCC3CC3)c2s1. The van der Waals surface area contributed by atoms with Crippen molar-refractivity contribution in [2.24, 2.45) is 18.9 Å². The van der Waals surface area contributed by atoms with E-state index in [0.29, 0.717) is 11.8 Å². The van der Waals surface area contributed by atoms with Gasteiger partial charge in [-0.3, -0.25) is 9.78 Å². The van der Waals surface area contributed by atoms with Crippen LogP contribution in [0.3, 0.4) is 0 Å². The molecule has 0 radical (unpaired) electrons. The maximum absolute atomic E-state index is 12.7. The molecule has 0 bridgehead atoms. The third kappa shape index (κ3) is 9.92. The van der Waals surface area contributed by atoms with Crippen LogP contribution in [0.1, 0.15) is 104 Å². The molecule has 0 amide bonds. The van der Waals surface area contributed by atoms with E-state index in [1.165, 1.54) is 56.2 Å². The summed E-state index contributed by atoms with van der Waals surface area (Å²) in [5, 5.41) is 0.809. The summed E-state index contributed by atoms with van der Waals surface area (Å²) in [6.45, 7) is 14.0. The van der Waals surface area contributed by atoms with Gasteiger partial charge >= 0.3 is 0 Å². The molecule has 3 aromatic heterocycles. The minimum absolute atomic E-state index is 0.0647. The molecule has 0 saturated heterocycles. The summed E-state index contributed by atoms with van der Waals surface area (Å²) in [6.07, 6.45) is 18.4. The number of rotatable bonds is 11. The molecule has 4 rings (SSSR count). The number of hydrogen-bond acceptors (Lipinski definition) is 4. The molecule has 0 aliphatic heterocycles. The number of ether oxygens (including phenoxy) is 1. The van der Waals surface area contributed by atoms with Gasteiger partial charge in [-0.05, 0) is 43.2 Å². The van der Waals surface area contributed by atoms with Gasteiger partial charge in [-0.2, -0.15) is 0 Å². The van der Waals surface area contributed by atoms with Crippen LogP contribution in [-0.2, 0) is 13.5 Å². The lowest BCUT2D eigenvalue weighted by Crippen LogP contribution is -2.15. The molecule has 0 unspecified atom stereocenters. The number of fused-ring (bicyclic) bond motifs is 1. The smallest absolute Gasteiger partial charge is 0.259 e. The summed E-state index contributed by atoms with van der Waals surface area (Å²) in [7, 11) is 1.82. The monoisotopic (exact) mass is 526 g/mol. The highest BCUT2D eigenvalue weighted by atomic mass is 32.1. The average molecular weight is 527 g/mol. The quantitative estimate of drug-likeness (QED) is 0.234. The fraction of sp³-hybridized carbons (Fsp3) is 0.625. The first-order valence-corrected chi connectivity index (χ1v) is 15.4. The van der Waals surface area contributed by atoms with Crippen LogP contribution in [0.4, 0.5) is 0 Å². The lowest BCUT2D eigenvalue weighted by Gasteiger charge is -2.12. The van der Waals surface area contributed by atoms with Gasteiger partial charge in [0.2, 0.25) is 0 Å². The largest absolute Gasteiger partial charge is 0.491 e. The van der Waals surface area contributed by atoms with E-state index in [0.717, 1.165) is 46.4 Å². The summed E-state index contributed by atoms with van der Waals surface area (Å²) in [6, 6.07) is 4.08. The first-order valence-electron chi connectivity index (χ1n) is 14.6. The zero-order valence-corrected chi connectivity index (χ0v) is 25.3. The zero-order valence-electron chi connectivity index (χ0n) is 24.4. The van der Waals surface area contributed by atoms with Gasteiger partial charge in [0.15, 0.2) is 0 Å². The van der Waals surface area contributed by atoms with Crippen LogP contribution >= 0.6 is 11.3 Å². The Hall–Kier alpha value is -2.14. The Balaban J connectivity index is 0.000000412. The minimum atomic E-state index is 0.0647. The fourth-order valence-corrected chi connectivity index (χ4v) is 5.13. The standard InChI is InChI=1S/C22H26N2O2S.C6H14.C4H10/c1-4-14(2)9-16-10-18-21(27-16)19(12-24(3)22(18)25)17-7-8-23-11-20(17)26-13-15-5-6-15;1-3-5-6-4-2;1-3-4-2/h7-8,10-12,14-15H,4-6,9,13H2,1-3H3;3-6H2,1-2H3;3-4H2,1-2H3/t14-;;/m1../s1. The van der Waals surface area contributed by atoms with E-state index in [1.807, 2.05) is 19.3 Å². The van der Waals surface area contributed by atoms with Gasteiger partial charge < -0.3 is 9.30 Å². The molecule has 206 valence electrons. The Labute approximate surface area is 229 Å². The normalized spacial score (nSPS) is 13.4. The van der Waals surface area contributed by atoms with Crippen molar-refractivity contribution in [1.82, 2.24) is 9.55 Å². The number of aryl methyl sites for hydroxylation is 1.